The summed E-state index contributed by atoms with van der Waals surface area (Å²) in [4.78, 5) is 24.8. The molecule has 26 heavy (non-hydrogen) atoms. The number of ketones is 1. The van der Waals surface area contributed by atoms with Crippen molar-refractivity contribution < 1.29 is 19.6 Å². The summed E-state index contributed by atoms with van der Waals surface area (Å²) in [7, 11) is 0. The summed E-state index contributed by atoms with van der Waals surface area (Å²) in [6.45, 7) is 2.89. The Hall–Kier alpha value is -3.19. The van der Waals surface area contributed by atoms with Crippen LogP contribution in [-0.2, 0) is 4.74 Å². The molecule has 1 fully saturated rings. The number of benzene rings is 2. The number of morpholine rings is 1. The van der Waals surface area contributed by atoms with Crippen LogP contribution in [0.1, 0.15) is 15.9 Å². The maximum Gasteiger partial charge on any atom is 0.311 e. The monoisotopic (exact) mass is 354 g/mol. The smallest absolute Gasteiger partial charge is 0.311 e. The van der Waals surface area contributed by atoms with Crippen molar-refractivity contribution in [1.29, 1.82) is 0 Å². The van der Waals surface area contributed by atoms with E-state index in [0.717, 1.165) is 18.8 Å². The average Bonchev–Trinajstić information content (AvgIpc) is 2.67. The summed E-state index contributed by atoms with van der Waals surface area (Å²) in [5, 5.41) is 20.3. The van der Waals surface area contributed by atoms with Gasteiger partial charge in [0.1, 0.15) is 0 Å². The Balaban J connectivity index is 1.76. The highest BCUT2D eigenvalue weighted by Crippen LogP contribution is 2.27. The molecule has 3 rings (SSSR count). The van der Waals surface area contributed by atoms with Gasteiger partial charge in [-0.15, -0.1) is 0 Å². The minimum atomic E-state index is -0.666. The van der Waals surface area contributed by atoms with Gasteiger partial charge in [0.25, 0.3) is 0 Å². The van der Waals surface area contributed by atoms with E-state index in [9.17, 15) is 20.0 Å². The van der Waals surface area contributed by atoms with E-state index in [4.69, 9.17) is 4.74 Å². The first kappa shape index (κ1) is 17.6. The number of carbonyl (C=O) groups excluding carboxylic acids is 1. The van der Waals surface area contributed by atoms with Gasteiger partial charge in [0, 0.05) is 30.4 Å². The summed E-state index contributed by atoms with van der Waals surface area (Å²) in [5.74, 6) is -0.604. The third kappa shape index (κ3) is 4.07. The summed E-state index contributed by atoms with van der Waals surface area (Å²) in [6, 6.07) is 11.3. The molecule has 2 aromatic rings. The first-order chi connectivity index (χ1) is 12.5. The minimum absolute atomic E-state index is 0.198. The fourth-order valence-corrected chi connectivity index (χ4v) is 2.74. The summed E-state index contributed by atoms with van der Waals surface area (Å²) < 4.78 is 5.34. The predicted molar refractivity (Wildman–Crippen MR) is 97.6 cm³/mol. The number of nitro groups is 1. The number of hydrogen-bond acceptors (Lipinski definition) is 6. The molecule has 1 aliphatic rings. The molecule has 0 amide bonds. The van der Waals surface area contributed by atoms with Crippen LogP contribution in [0.15, 0.2) is 48.5 Å². The molecule has 0 atom stereocenters. The Morgan fingerprint density at radius 2 is 1.96 bits per heavy atom. The van der Waals surface area contributed by atoms with Crippen LogP contribution in [-0.4, -0.2) is 42.1 Å². The Morgan fingerprint density at radius 1 is 1.19 bits per heavy atom. The number of anilines is 1. The second kappa shape index (κ2) is 7.79. The normalized spacial score (nSPS) is 14.5. The molecule has 0 aromatic heterocycles. The second-order valence-electron chi connectivity index (χ2n) is 5.85. The maximum atomic E-state index is 12.4. The van der Waals surface area contributed by atoms with Crippen molar-refractivity contribution in [2.24, 2.45) is 0 Å². The van der Waals surface area contributed by atoms with Crippen LogP contribution in [0, 0.1) is 10.1 Å². The third-order valence-electron chi connectivity index (χ3n) is 4.13. The molecule has 1 aliphatic heterocycles. The minimum Gasteiger partial charge on any atom is -0.502 e. The largest absolute Gasteiger partial charge is 0.502 e. The standard InChI is InChI=1S/C19H18N2O5/c22-18(6-4-14-5-7-19(23)17(12-14)21(24)25)15-2-1-3-16(13-15)20-8-10-26-11-9-20/h1-7,12-13,23H,8-11H2. The fraction of sp³-hybridized carbons (Fsp3) is 0.211. The average molecular weight is 354 g/mol. The molecule has 0 saturated carbocycles. The molecule has 1 heterocycles. The fourth-order valence-electron chi connectivity index (χ4n) is 2.74. The molecule has 0 unspecified atom stereocenters. The third-order valence-corrected chi connectivity index (χ3v) is 4.13. The van der Waals surface area contributed by atoms with Crippen LogP contribution in [0.5, 0.6) is 5.75 Å². The van der Waals surface area contributed by atoms with E-state index in [-0.39, 0.29) is 5.78 Å². The molecule has 1 N–H and O–H groups in total. The topological polar surface area (TPSA) is 92.9 Å². The number of nitro benzene ring substituents is 1. The number of aromatic hydroxyl groups is 1. The predicted octanol–water partition coefficient (Wildman–Crippen LogP) is 3.03. The number of hydrogen-bond donors (Lipinski definition) is 1. The van der Waals surface area contributed by atoms with Gasteiger partial charge in [-0.25, -0.2) is 0 Å². The van der Waals surface area contributed by atoms with Gasteiger partial charge in [-0.2, -0.15) is 0 Å². The molecule has 7 heteroatoms. The highest BCUT2D eigenvalue weighted by Gasteiger charge is 2.14. The lowest BCUT2D eigenvalue weighted by molar-refractivity contribution is -0.385. The van der Waals surface area contributed by atoms with Gasteiger partial charge in [-0.05, 0) is 29.8 Å². The highest BCUT2D eigenvalue weighted by atomic mass is 16.6. The van der Waals surface area contributed by atoms with E-state index >= 15 is 0 Å². The van der Waals surface area contributed by atoms with Crippen LogP contribution in [0.3, 0.4) is 0 Å². The number of allylic oxidation sites excluding steroid dienone is 1. The zero-order valence-corrected chi connectivity index (χ0v) is 14.0. The summed E-state index contributed by atoms with van der Waals surface area (Å²) in [5.41, 5.74) is 1.58. The van der Waals surface area contributed by atoms with E-state index in [0.29, 0.717) is 24.3 Å². The van der Waals surface area contributed by atoms with Gasteiger partial charge < -0.3 is 14.7 Å². The lowest BCUT2D eigenvalue weighted by atomic mass is 10.1. The van der Waals surface area contributed by atoms with E-state index in [1.54, 1.807) is 6.07 Å². The highest BCUT2D eigenvalue weighted by molar-refractivity contribution is 6.07. The Morgan fingerprint density at radius 3 is 2.69 bits per heavy atom. The summed E-state index contributed by atoms with van der Waals surface area (Å²) >= 11 is 0. The van der Waals surface area contributed by atoms with Crippen molar-refractivity contribution in [3.8, 4) is 5.75 Å². The van der Waals surface area contributed by atoms with Gasteiger partial charge in [0.15, 0.2) is 11.5 Å². The Kier molecular flexibility index (Phi) is 5.28. The van der Waals surface area contributed by atoms with Crippen molar-refractivity contribution in [2.75, 3.05) is 31.2 Å². The molecule has 1 saturated heterocycles. The van der Waals surface area contributed by atoms with Gasteiger partial charge in [0.2, 0.25) is 0 Å². The number of rotatable bonds is 5. The molecule has 2 aromatic carbocycles. The Labute approximate surface area is 150 Å². The molecule has 0 spiro atoms. The van der Waals surface area contributed by atoms with Crippen LogP contribution in [0.25, 0.3) is 6.08 Å². The zero-order valence-electron chi connectivity index (χ0n) is 14.0. The molecule has 7 nitrogen and oxygen atoms in total. The molecule has 0 aliphatic carbocycles. The SMILES string of the molecule is O=C(C=Cc1ccc(O)c([N+](=O)[O-])c1)c1cccc(N2CCOCC2)c1. The van der Waals surface area contributed by atoms with Crippen molar-refractivity contribution in [2.45, 2.75) is 0 Å². The van der Waals surface area contributed by atoms with E-state index < -0.39 is 16.4 Å². The number of nitrogens with zero attached hydrogens (tertiary/aromatic N) is 2. The number of phenolic OH excluding ortho intramolecular Hbond substituents is 1. The molecule has 0 bridgehead atoms. The number of phenols is 1. The van der Waals surface area contributed by atoms with Gasteiger partial charge in [-0.3, -0.25) is 14.9 Å². The van der Waals surface area contributed by atoms with Crippen molar-refractivity contribution in [1.82, 2.24) is 0 Å². The van der Waals surface area contributed by atoms with Crippen LogP contribution >= 0.6 is 0 Å². The molecule has 0 radical (unpaired) electrons. The van der Waals surface area contributed by atoms with Crippen molar-refractivity contribution in [3.05, 3.63) is 69.8 Å². The molecular formula is C19H18N2O5. The number of ether oxygens (including phenoxy) is 1. The zero-order chi connectivity index (χ0) is 18.5. The quantitative estimate of drug-likeness (QED) is 0.384. The van der Waals surface area contributed by atoms with E-state index in [2.05, 4.69) is 4.90 Å². The van der Waals surface area contributed by atoms with Crippen LogP contribution in [0.2, 0.25) is 0 Å². The lowest BCUT2D eigenvalue weighted by Gasteiger charge is -2.29. The van der Waals surface area contributed by atoms with E-state index in [1.165, 1.54) is 30.4 Å². The van der Waals surface area contributed by atoms with Crippen LogP contribution < -0.4 is 4.90 Å². The molecule has 134 valence electrons. The van der Waals surface area contributed by atoms with E-state index in [1.807, 2.05) is 18.2 Å². The van der Waals surface area contributed by atoms with Crippen LogP contribution in [0.4, 0.5) is 11.4 Å². The van der Waals surface area contributed by atoms with Gasteiger partial charge in [-0.1, -0.05) is 24.3 Å². The van der Waals surface area contributed by atoms with Crippen molar-refractivity contribution in [3.63, 3.8) is 0 Å². The van der Waals surface area contributed by atoms with Crippen molar-refractivity contribution >= 4 is 23.2 Å². The number of carbonyl (C=O) groups is 1. The Bertz CT molecular complexity index is 857. The van der Waals surface area contributed by atoms with Gasteiger partial charge >= 0.3 is 5.69 Å². The first-order valence-electron chi connectivity index (χ1n) is 8.17. The summed E-state index contributed by atoms with van der Waals surface area (Å²) in [6.07, 6.45) is 2.87. The first-order valence-corrected chi connectivity index (χ1v) is 8.17. The lowest BCUT2D eigenvalue weighted by Crippen LogP contribution is -2.36. The maximum absolute atomic E-state index is 12.4. The molecular weight excluding hydrogens is 336 g/mol. The second-order valence-corrected chi connectivity index (χ2v) is 5.85. The van der Waals surface area contributed by atoms with Gasteiger partial charge in [0.05, 0.1) is 18.1 Å².